The molecule has 2 fully saturated rings. The van der Waals surface area contributed by atoms with E-state index in [1.54, 1.807) is 11.3 Å². The maximum atomic E-state index is 6.46. The van der Waals surface area contributed by atoms with Crippen molar-refractivity contribution in [1.29, 1.82) is 0 Å². The van der Waals surface area contributed by atoms with E-state index >= 15 is 0 Å². The van der Waals surface area contributed by atoms with Gasteiger partial charge in [0.05, 0.1) is 6.61 Å². The monoisotopic (exact) mass is 478 g/mol. The molecule has 2 saturated heterocycles. The number of hydrogen-bond donors (Lipinski definition) is 0. The van der Waals surface area contributed by atoms with Crippen LogP contribution in [-0.4, -0.2) is 55.7 Å². The molecule has 0 amide bonds. The predicted octanol–water partition coefficient (Wildman–Crippen LogP) is 6.19. The summed E-state index contributed by atoms with van der Waals surface area (Å²) in [5, 5.41) is 6.01. The molecule has 2 aromatic rings. The van der Waals surface area contributed by atoms with Gasteiger partial charge in [-0.15, -0.1) is 6.58 Å². The lowest BCUT2D eigenvalue weighted by atomic mass is 9.89. The first-order valence-electron chi connectivity index (χ1n) is 11.2. The van der Waals surface area contributed by atoms with Crippen molar-refractivity contribution >= 4 is 34.5 Å². The molecule has 31 heavy (non-hydrogen) atoms. The second-order valence-electron chi connectivity index (χ2n) is 8.92. The summed E-state index contributed by atoms with van der Waals surface area (Å²) >= 11 is 14.4. The molecule has 2 atom stereocenters. The Hall–Kier alpha value is -0.880. The minimum atomic E-state index is 0.589. The molecule has 2 aliphatic rings. The fourth-order valence-electron chi connectivity index (χ4n) is 5.01. The molecule has 3 nitrogen and oxygen atoms in total. The largest absolute Gasteiger partial charge is 0.377 e. The van der Waals surface area contributed by atoms with Crippen LogP contribution in [-0.2, 0) is 11.3 Å². The van der Waals surface area contributed by atoms with Gasteiger partial charge in [-0.1, -0.05) is 35.3 Å². The standard InChI is InChI=1S/C25H32Cl2N2OS/c1-2-10-30-17-19-5-8-28(9-6-19)14-22-15-29(16-24(22)21-7-11-31-18-21)13-20-3-4-23(26)12-25(20)27/h2-4,7,11-12,18-19,22,24H,1,5-6,8-10,13-17H2. The van der Waals surface area contributed by atoms with E-state index < -0.39 is 0 Å². The zero-order chi connectivity index (χ0) is 21.6. The van der Waals surface area contributed by atoms with Crippen molar-refractivity contribution in [2.24, 2.45) is 11.8 Å². The molecule has 0 saturated carbocycles. The van der Waals surface area contributed by atoms with Gasteiger partial charge in [0.25, 0.3) is 0 Å². The normalized spacial score (nSPS) is 23.4. The van der Waals surface area contributed by atoms with Crippen LogP contribution in [0.25, 0.3) is 0 Å². The Morgan fingerprint density at radius 2 is 1.97 bits per heavy atom. The summed E-state index contributed by atoms with van der Waals surface area (Å²) in [6.45, 7) is 11.9. The minimum absolute atomic E-state index is 0.589. The van der Waals surface area contributed by atoms with Gasteiger partial charge in [0.1, 0.15) is 0 Å². The van der Waals surface area contributed by atoms with Gasteiger partial charge in [-0.3, -0.25) is 4.90 Å². The lowest BCUT2D eigenvalue weighted by molar-refractivity contribution is 0.0765. The van der Waals surface area contributed by atoms with Crippen LogP contribution in [0.5, 0.6) is 0 Å². The first kappa shape index (κ1) is 23.3. The maximum Gasteiger partial charge on any atom is 0.0644 e. The lowest BCUT2D eigenvalue weighted by Gasteiger charge is -2.34. The van der Waals surface area contributed by atoms with Crippen LogP contribution >= 0.6 is 34.5 Å². The summed E-state index contributed by atoms with van der Waals surface area (Å²) in [4.78, 5) is 5.24. The van der Waals surface area contributed by atoms with Crippen LogP contribution in [0.15, 0.2) is 47.7 Å². The molecule has 0 spiro atoms. The van der Waals surface area contributed by atoms with Crippen molar-refractivity contribution in [2.75, 3.05) is 45.9 Å². The molecule has 4 rings (SSSR count). The molecule has 1 aromatic carbocycles. The van der Waals surface area contributed by atoms with E-state index in [0.29, 0.717) is 29.4 Å². The van der Waals surface area contributed by atoms with Gasteiger partial charge in [-0.2, -0.15) is 11.3 Å². The Morgan fingerprint density at radius 3 is 2.68 bits per heavy atom. The van der Waals surface area contributed by atoms with Crippen LogP contribution < -0.4 is 0 Å². The number of thiophene rings is 1. The third-order valence-corrected chi connectivity index (χ3v) is 7.97. The third-order valence-electron chi connectivity index (χ3n) is 6.69. The fourth-order valence-corrected chi connectivity index (χ4v) is 6.21. The van der Waals surface area contributed by atoms with Gasteiger partial charge >= 0.3 is 0 Å². The molecule has 0 bridgehead atoms. The molecular formula is C25H32Cl2N2OS. The number of hydrogen-bond acceptors (Lipinski definition) is 4. The van der Waals surface area contributed by atoms with E-state index in [1.807, 2.05) is 18.2 Å². The van der Waals surface area contributed by atoms with Crippen LogP contribution in [0.3, 0.4) is 0 Å². The number of piperidine rings is 1. The van der Waals surface area contributed by atoms with E-state index in [1.165, 1.54) is 38.0 Å². The quantitative estimate of drug-likeness (QED) is 0.315. The molecule has 3 heterocycles. The number of ether oxygens (including phenoxy) is 1. The zero-order valence-corrected chi connectivity index (χ0v) is 20.3. The second kappa shape index (κ2) is 11.3. The number of likely N-dealkylation sites (tertiary alicyclic amines) is 2. The summed E-state index contributed by atoms with van der Waals surface area (Å²) in [7, 11) is 0. The predicted molar refractivity (Wildman–Crippen MR) is 132 cm³/mol. The zero-order valence-electron chi connectivity index (χ0n) is 18.0. The van der Waals surface area contributed by atoms with E-state index in [0.717, 1.165) is 36.8 Å². The van der Waals surface area contributed by atoms with E-state index in [4.69, 9.17) is 27.9 Å². The number of halogens is 2. The Balaban J connectivity index is 1.36. The van der Waals surface area contributed by atoms with Gasteiger partial charge < -0.3 is 9.64 Å². The van der Waals surface area contributed by atoms with Gasteiger partial charge in [-0.25, -0.2) is 0 Å². The molecule has 168 valence electrons. The fraction of sp³-hybridized carbons (Fsp3) is 0.520. The Bertz CT molecular complexity index is 836. The van der Waals surface area contributed by atoms with Crippen molar-refractivity contribution in [2.45, 2.75) is 25.3 Å². The average Bonchev–Trinajstić information content (AvgIpc) is 3.42. The molecule has 0 aliphatic carbocycles. The summed E-state index contributed by atoms with van der Waals surface area (Å²) in [5.74, 6) is 1.93. The van der Waals surface area contributed by atoms with Crippen molar-refractivity contribution in [3.05, 3.63) is 68.9 Å². The van der Waals surface area contributed by atoms with Gasteiger partial charge in [0, 0.05) is 48.7 Å². The van der Waals surface area contributed by atoms with Crippen molar-refractivity contribution in [3.63, 3.8) is 0 Å². The lowest BCUT2D eigenvalue weighted by Crippen LogP contribution is -2.39. The minimum Gasteiger partial charge on any atom is -0.377 e. The molecular weight excluding hydrogens is 447 g/mol. The summed E-state index contributed by atoms with van der Waals surface area (Å²) in [6.07, 6.45) is 4.30. The van der Waals surface area contributed by atoms with Crippen molar-refractivity contribution in [3.8, 4) is 0 Å². The Labute approximate surface area is 200 Å². The molecule has 0 radical (unpaired) electrons. The van der Waals surface area contributed by atoms with Crippen LogP contribution in [0.4, 0.5) is 0 Å². The maximum absolute atomic E-state index is 6.46. The van der Waals surface area contributed by atoms with Crippen LogP contribution in [0.1, 0.15) is 29.9 Å². The molecule has 1 aromatic heterocycles. The number of nitrogens with zero attached hydrogens (tertiary/aromatic N) is 2. The molecule has 2 unspecified atom stereocenters. The second-order valence-corrected chi connectivity index (χ2v) is 10.5. The first-order chi connectivity index (χ1) is 15.1. The molecule has 2 aliphatic heterocycles. The first-order valence-corrected chi connectivity index (χ1v) is 12.9. The molecule has 6 heteroatoms. The topological polar surface area (TPSA) is 15.7 Å². The van der Waals surface area contributed by atoms with Crippen molar-refractivity contribution < 1.29 is 4.74 Å². The third kappa shape index (κ3) is 6.34. The number of benzene rings is 1. The Kier molecular flexibility index (Phi) is 8.50. The van der Waals surface area contributed by atoms with Crippen LogP contribution in [0, 0.1) is 11.8 Å². The van der Waals surface area contributed by atoms with Crippen molar-refractivity contribution in [1.82, 2.24) is 9.80 Å². The molecule has 0 N–H and O–H groups in total. The van der Waals surface area contributed by atoms with E-state index in [9.17, 15) is 0 Å². The Morgan fingerprint density at radius 1 is 1.13 bits per heavy atom. The summed E-state index contributed by atoms with van der Waals surface area (Å²) in [6, 6.07) is 8.17. The van der Waals surface area contributed by atoms with E-state index in [2.05, 4.69) is 39.3 Å². The van der Waals surface area contributed by atoms with Gasteiger partial charge in [0.15, 0.2) is 0 Å². The van der Waals surface area contributed by atoms with Gasteiger partial charge in [0.2, 0.25) is 0 Å². The highest BCUT2D eigenvalue weighted by Crippen LogP contribution is 2.36. The van der Waals surface area contributed by atoms with Gasteiger partial charge in [-0.05, 0) is 77.9 Å². The highest BCUT2D eigenvalue weighted by atomic mass is 35.5. The summed E-state index contributed by atoms with van der Waals surface area (Å²) < 4.78 is 5.68. The summed E-state index contributed by atoms with van der Waals surface area (Å²) in [5.41, 5.74) is 2.66. The SMILES string of the molecule is C=CCOCC1CCN(CC2CN(Cc3ccc(Cl)cc3Cl)CC2c2ccsc2)CC1. The highest BCUT2D eigenvalue weighted by molar-refractivity contribution is 7.08. The smallest absolute Gasteiger partial charge is 0.0644 e. The van der Waals surface area contributed by atoms with E-state index in [-0.39, 0.29) is 0 Å². The van der Waals surface area contributed by atoms with Crippen LogP contribution in [0.2, 0.25) is 10.0 Å². The number of rotatable bonds is 9. The average molecular weight is 480 g/mol. The highest BCUT2D eigenvalue weighted by Gasteiger charge is 2.35.